The Hall–Kier alpha value is -2.61. The van der Waals surface area contributed by atoms with Gasteiger partial charge in [-0.2, -0.15) is 0 Å². The Morgan fingerprint density at radius 1 is 1.06 bits per heavy atom. The van der Waals surface area contributed by atoms with E-state index < -0.39 is 0 Å². The van der Waals surface area contributed by atoms with Gasteiger partial charge in [-0.15, -0.1) is 0 Å². The van der Waals surface area contributed by atoms with E-state index in [1.54, 1.807) is 24.3 Å². The monoisotopic (exact) mass is 542 g/mol. The second-order valence-electron chi connectivity index (χ2n) is 7.07. The first-order valence-electron chi connectivity index (χ1n) is 9.56. The van der Waals surface area contributed by atoms with Gasteiger partial charge in [-0.05, 0) is 42.0 Å². The second kappa shape index (κ2) is 8.49. The Morgan fingerprint density at radius 2 is 1.94 bits per heavy atom. The van der Waals surface area contributed by atoms with Crippen LogP contribution in [0.25, 0.3) is 6.08 Å². The van der Waals surface area contributed by atoms with Gasteiger partial charge in [-0.25, -0.2) is 0 Å². The van der Waals surface area contributed by atoms with Crippen LogP contribution < -0.4 is 14.2 Å². The van der Waals surface area contributed by atoms with Crippen molar-refractivity contribution >= 4 is 43.7 Å². The van der Waals surface area contributed by atoms with Crippen LogP contribution in [-0.2, 0) is 18.0 Å². The van der Waals surface area contributed by atoms with E-state index >= 15 is 0 Å². The number of Topliss-reactive ketones (excluding diaryl/α,β-unsaturated/α-hetero) is 1. The Labute approximate surface area is 195 Å². The molecule has 0 N–H and O–H groups in total. The molecule has 2 aliphatic rings. The number of carbonyl (C=O) groups is 1. The molecule has 0 atom stereocenters. The zero-order chi connectivity index (χ0) is 21.4. The molecule has 3 aromatic carbocycles. The first-order chi connectivity index (χ1) is 15.1. The van der Waals surface area contributed by atoms with Crippen LogP contribution in [0, 0.1) is 0 Å². The highest BCUT2D eigenvalue weighted by Crippen LogP contribution is 2.37. The van der Waals surface area contributed by atoms with Gasteiger partial charge in [0.1, 0.15) is 23.9 Å². The number of benzene rings is 3. The van der Waals surface area contributed by atoms with Gasteiger partial charge in [0.2, 0.25) is 5.78 Å². The third kappa shape index (κ3) is 4.13. The van der Waals surface area contributed by atoms with Crippen LogP contribution in [0.3, 0.4) is 0 Å². The molecule has 5 rings (SSSR count). The maximum absolute atomic E-state index is 12.7. The fraction of sp³-hybridized carbons (Fsp3) is 0.125. The standard InChI is InChI=1S/C24H16Br2O5/c25-17-7-15-11-28-13-30-24(15)16(8-17)12-29-18-5-6-19-21(10-18)31-22(23(19)27)9-14-3-1-2-4-20(14)26/h1-10H,11-13H2/b22-9-. The predicted octanol–water partition coefficient (Wildman–Crippen LogP) is 6.27. The Bertz CT molecular complexity index is 1220. The van der Waals surface area contributed by atoms with E-state index in [1.165, 1.54) is 0 Å². The molecule has 0 aliphatic carbocycles. The van der Waals surface area contributed by atoms with Gasteiger partial charge in [-0.1, -0.05) is 50.1 Å². The highest BCUT2D eigenvalue weighted by molar-refractivity contribution is 9.10. The van der Waals surface area contributed by atoms with Crippen LogP contribution in [0.2, 0.25) is 0 Å². The van der Waals surface area contributed by atoms with E-state index in [1.807, 2.05) is 36.4 Å². The van der Waals surface area contributed by atoms with E-state index in [2.05, 4.69) is 31.9 Å². The van der Waals surface area contributed by atoms with Crippen molar-refractivity contribution in [1.29, 1.82) is 0 Å². The highest BCUT2D eigenvalue weighted by Gasteiger charge is 2.28. The van der Waals surface area contributed by atoms with Crippen molar-refractivity contribution < 1.29 is 23.7 Å². The summed E-state index contributed by atoms with van der Waals surface area (Å²) in [6.07, 6.45) is 1.74. The van der Waals surface area contributed by atoms with Gasteiger partial charge < -0.3 is 18.9 Å². The van der Waals surface area contributed by atoms with Crippen LogP contribution in [-0.4, -0.2) is 12.6 Å². The van der Waals surface area contributed by atoms with Crippen LogP contribution >= 0.6 is 31.9 Å². The molecule has 156 valence electrons. The minimum absolute atomic E-state index is 0.147. The van der Waals surface area contributed by atoms with Crippen molar-refractivity contribution in [3.63, 3.8) is 0 Å². The van der Waals surface area contributed by atoms with Crippen molar-refractivity contribution in [2.75, 3.05) is 6.79 Å². The summed E-state index contributed by atoms with van der Waals surface area (Å²) in [5.41, 5.74) is 3.29. The lowest BCUT2D eigenvalue weighted by Gasteiger charge is -2.21. The summed E-state index contributed by atoms with van der Waals surface area (Å²) in [5.74, 6) is 2.03. The molecule has 0 saturated carbocycles. The summed E-state index contributed by atoms with van der Waals surface area (Å²) in [6, 6.07) is 16.8. The third-order valence-electron chi connectivity index (χ3n) is 4.98. The number of carbonyl (C=O) groups excluding carboxylic acids is 1. The van der Waals surface area contributed by atoms with E-state index in [-0.39, 0.29) is 18.3 Å². The van der Waals surface area contributed by atoms with Gasteiger partial charge in [0.25, 0.3) is 0 Å². The minimum atomic E-state index is -0.147. The number of hydrogen-bond acceptors (Lipinski definition) is 5. The molecule has 0 unspecified atom stereocenters. The molecular formula is C24H16Br2O5. The first kappa shape index (κ1) is 20.3. The number of hydrogen-bond donors (Lipinski definition) is 0. The molecule has 0 saturated heterocycles. The van der Waals surface area contributed by atoms with Crippen LogP contribution in [0.5, 0.6) is 17.2 Å². The zero-order valence-electron chi connectivity index (χ0n) is 16.2. The normalized spacial score (nSPS) is 15.8. The zero-order valence-corrected chi connectivity index (χ0v) is 19.4. The number of fused-ring (bicyclic) bond motifs is 2. The topological polar surface area (TPSA) is 54.0 Å². The molecule has 0 fully saturated rings. The molecule has 7 heteroatoms. The number of allylic oxidation sites excluding steroid dienone is 1. The maximum atomic E-state index is 12.7. The molecule has 31 heavy (non-hydrogen) atoms. The molecule has 0 amide bonds. The molecule has 0 spiro atoms. The average Bonchev–Trinajstić information content (AvgIpc) is 3.08. The van der Waals surface area contributed by atoms with Crippen molar-refractivity contribution in [3.05, 3.63) is 91.6 Å². The van der Waals surface area contributed by atoms with Crippen LogP contribution in [0.1, 0.15) is 27.0 Å². The fourth-order valence-corrected chi connectivity index (χ4v) is 4.47. The Balaban J connectivity index is 1.36. The summed E-state index contributed by atoms with van der Waals surface area (Å²) in [4.78, 5) is 12.7. The van der Waals surface area contributed by atoms with E-state index in [0.29, 0.717) is 30.3 Å². The van der Waals surface area contributed by atoms with E-state index in [9.17, 15) is 4.79 Å². The summed E-state index contributed by atoms with van der Waals surface area (Å²) >= 11 is 7.01. The van der Waals surface area contributed by atoms with Gasteiger partial charge in [0, 0.05) is 26.1 Å². The van der Waals surface area contributed by atoms with Crippen molar-refractivity contribution in [2.24, 2.45) is 0 Å². The number of halogens is 2. The number of rotatable bonds is 4. The number of ketones is 1. The quantitative estimate of drug-likeness (QED) is 0.363. The minimum Gasteiger partial charge on any atom is -0.489 e. The summed E-state index contributed by atoms with van der Waals surface area (Å²) < 4.78 is 24.7. The molecule has 2 heterocycles. The number of ether oxygens (including phenoxy) is 4. The lowest BCUT2D eigenvalue weighted by atomic mass is 10.1. The van der Waals surface area contributed by atoms with Gasteiger partial charge >= 0.3 is 0 Å². The average molecular weight is 544 g/mol. The first-order valence-corrected chi connectivity index (χ1v) is 11.1. The largest absolute Gasteiger partial charge is 0.489 e. The van der Waals surface area contributed by atoms with Crippen molar-refractivity contribution in [2.45, 2.75) is 13.2 Å². The Morgan fingerprint density at radius 3 is 2.81 bits per heavy atom. The SMILES string of the molecule is O=C1/C(=C/c2ccccc2Br)Oc2cc(OCc3cc(Br)cc4c3OCOC4)ccc21. The Kier molecular flexibility index (Phi) is 5.56. The molecule has 0 aromatic heterocycles. The second-order valence-corrected chi connectivity index (χ2v) is 8.84. The third-order valence-corrected chi connectivity index (χ3v) is 6.16. The van der Waals surface area contributed by atoms with Crippen LogP contribution in [0.4, 0.5) is 0 Å². The lowest BCUT2D eigenvalue weighted by molar-refractivity contribution is -0.0176. The molecular weight excluding hydrogens is 528 g/mol. The smallest absolute Gasteiger partial charge is 0.231 e. The summed E-state index contributed by atoms with van der Waals surface area (Å²) in [6.45, 7) is 1.04. The lowest BCUT2D eigenvalue weighted by Crippen LogP contribution is -2.14. The summed E-state index contributed by atoms with van der Waals surface area (Å²) in [5, 5.41) is 0. The van der Waals surface area contributed by atoms with E-state index in [4.69, 9.17) is 18.9 Å². The van der Waals surface area contributed by atoms with E-state index in [0.717, 1.165) is 31.4 Å². The predicted molar refractivity (Wildman–Crippen MR) is 122 cm³/mol. The summed E-state index contributed by atoms with van der Waals surface area (Å²) in [7, 11) is 0. The van der Waals surface area contributed by atoms with Gasteiger partial charge in [0.05, 0.1) is 12.2 Å². The molecule has 3 aromatic rings. The molecule has 0 radical (unpaired) electrons. The van der Waals surface area contributed by atoms with Gasteiger partial charge in [-0.3, -0.25) is 4.79 Å². The maximum Gasteiger partial charge on any atom is 0.231 e. The molecule has 5 nitrogen and oxygen atoms in total. The molecule has 0 bridgehead atoms. The van der Waals surface area contributed by atoms with Crippen molar-refractivity contribution in [1.82, 2.24) is 0 Å². The van der Waals surface area contributed by atoms with Crippen molar-refractivity contribution in [3.8, 4) is 17.2 Å². The highest BCUT2D eigenvalue weighted by atomic mass is 79.9. The fourth-order valence-electron chi connectivity index (χ4n) is 3.52. The van der Waals surface area contributed by atoms with Gasteiger partial charge in [0.15, 0.2) is 12.6 Å². The molecule has 2 aliphatic heterocycles. The van der Waals surface area contributed by atoms with Crippen LogP contribution in [0.15, 0.2) is 69.3 Å².